The quantitative estimate of drug-likeness (QED) is 0.699. The third-order valence-electron chi connectivity index (χ3n) is 3.18. The predicted octanol–water partition coefficient (Wildman–Crippen LogP) is 2.01. The second-order valence-electron chi connectivity index (χ2n) is 4.98. The number of sulfonamides is 1. The topological polar surface area (TPSA) is 76.4 Å². The van der Waals surface area contributed by atoms with Gasteiger partial charge in [0.1, 0.15) is 4.21 Å². The van der Waals surface area contributed by atoms with Crippen molar-refractivity contribution in [2.24, 2.45) is 0 Å². The van der Waals surface area contributed by atoms with Crippen LogP contribution in [-0.4, -0.2) is 29.6 Å². The average molecular weight is 336 g/mol. The lowest BCUT2D eigenvalue weighted by atomic mass is 10.2. The molecule has 0 saturated heterocycles. The van der Waals surface area contributed by atoms with Gasteiger partial charge in [0, 0.05) is 25.0 Å². The number of thiophene rings is 1. The van der Waals surface area contributed by atoms with Crippen LogP contribution in [0.15, 0.2) is 40.2 Å². The van der Waals surface area contributed by atoms with Crippen LogP contribution in [0, 0.1) is 6.92 Å². The summed E-state index contributed by atoms with van der Waals surface area (Å²) in [6.07, 6.45) is 5.19. The molecule has 0 aliphatic carbocycles. The highest BCUT2D eigenvalue weighted by Crippen LogP contribution is 2.15. The molecule has 8 heteroatoms. The number of nitrogens with one attached hydrogen (secondary N) is 1. The lowest BCUT2D eigenvalue weighted by Crippen LogP contribution is -2.24. The third kappa shape index (κ3) is 3.34. The number of hydrogen-bond donors (Lipinski definition) is 1. The maximum absolute atomic E-state index is 12.0. The van der Waals surface area contributed by atoms with Gasteiger partial charge in [0.25, 0.3) is 0 Å². The Kier molecular flexibility index (Phi) is 4.23. The monoisotopic (exact) mass is 336 g/mol. The van der Waals surface area contributed by atoms with Crippen LogP contribution in [0.25, 0.3) is 5.65 Å². The molecule has 0 aromatic carbocycles. The summed E-state index contributed by atoms with van der Waals surface area (Å²) >= 11 is 1.22. The second kappa shape index (κ2) is 6.15. The zero-order valence-corrected chi connectivity index (χ0v) is 13.7. The number of aromatic nitrogens is 3. The average Bonchev–Trinajstić information content (AvgIpc) is 3.11. The normalized spacial score (nSPS) is 12.0. The molecule has 0 radical (unpaired) electrons. The largest absolute Gasteiger partial charge is 0.250 e. The van der Waals surface area contributed by atoms with Gasteiger partial charge in [-0.1, -0.05) is 6.07 Å². The number of rotatable bonds is 6. The summed E-state index contributed by atoms with van der Waals surface area (Å²) in [6, 6.07) is 5.25. The van der Waals surface area contributed by atoms with Crippen molar-refractivity contribution in [3.63, 3.8) is 0 Å². The van der Waals surface area contributed by atoms with Gasteiger partial charge in [-0.25, -0.2) is 22.6 Å². The van der Waals surface area contributed by atoms with Crippen molar-refractivity contribution in [3.8, 4) is 0 Å². The van der Waals surface area contributed by atoms with E-state index in [0.717, 1.165) is 23.3 Å². The van der Waals surface area contributed by atoms with Gasteiger partial charge in [0.05, 0.1) is 5.69 Å². The van der Waals surface area contributed by atoms with Gasteiger partial charge >= 0.3 is 0 Å². The van der Waals surface area contributed by atoms with E-state index in [1.165, 1.54) is 11.3 Å². The van der Waals surface area contributed by atoms with Crippen LogP contribution in [0.5, 0.6) is 0 Å². The van der Waals surface area contributed by atoms with Gasteiger partial charge in [-0.2, -0.15) is 5.10 Å². The van der Waals surface area contributed by atoms with E-state index >= 15 is 0 Å². The fourth-order valence-electron chi connectivity index (χ4n) is 2.15. The molecule has 116 valence electrons. The van der Waals surface area contributed by atoms with E-state index in [9.17, 15) is 8.42 Å². The minimum atomic E-state index is -3.37. The number of nitrogens with zero attached hydrogens (tertiary/aromatic N) is 3. The molecule has 0 spiro atoms. The fourth-order valence-corrected chi connectivity index (χ4v) is 4.26. The Morgan fingerprint density at radius 1 is 1.41 bits per heavy atom. The molecule has 3 aromatic heterocycles. The summed E-state index contributed by atoms with van der Waals surface area (Å²) in [4.78, 5) is 4.33. The molecule has 0 amide bonds. The van der Waals surface area contributed by atoms with Gasteiger partial charge in [-0.05, 0) is 36.8 Å². The summed E-state index contributed by atoms with van der Waals surface area (Å²) in [5, 5.41) is 6.07. The summed E-state index contributed by atoms with van der Waals surface area (Å²) in [5.74, 6) is 0. The number of fused-ring (bicyclic) bond motifs is 1. The molecule has 0 aliphatic rings. The molecule has 6 nitrogen and oxygen atoms in total. The Labute approximate surface area is 132 Å². The van der Waals surface area contributed by atoms with E-state index in [1.54, 1.807) is 22.0 Å². The first-order valence-corrected chi connectivity index (χ1v) is 9.25. The van der Waals surface area contributed by atoms with Crippen LogP contribution >= 0.6 is 11.3 Å². The minimum absolute atomic E-state index is 0.350. The Hall–Kier alpha value is -1.77. The standard InChI is InChI=1S/C14H16N4O2S2/c1-11-8-13-15-9-12(10-18(13)17-11)4-2-6-16-22(19,20)14-5-3-7-21-14/h3,5,7-10,16H,2,4,6H2,1H3. The molecule has 0 saturated carbocycles. The highest BCUT2D eigenvalue weighted by molar-refractivity contribution is 7.91. The first kappa shape index (κ1) is 15.1. The van der Waals surface area contributed by atoms with Gasteiger partial charge in [-0.15, -0.1) is 11.3 Å². The highest BCUT2D eigenvalue weighted by atomic mass is 32.2. The van der Waals surface area contributed by atoms with Crippen molar-refractivity contribution in [3.05, 3.63) is 47.2 Å². The lowest BCUT2D eigenvalue weighted by Gasteiger charge is -2.05. The van der Waals surface area contributed by atoms with Crippen molar-refractivity contribution < 1.29 is 8.42 Å². The first-order chi connectivity index (χ1) is 10.5. The number of hydrogen-bond acceptors (Lipinski definition) is 5. The Balaban J connectivity index is 1.56. The molecular formula is C14H16N4O2S2. The van der Waals surface area contributed by atoms with Crippen LogP contribution < -0.4 is 4.72 Å². The first-order valence-electron chi connectivity index (χ1n) is 6.89. The molecule has 0 unspecified atom stereocenters. The predicted molar refractivity (Wildman–Crippen MR) is 85.6 cm³/mol. The van der Waals surface area contributed by atoms with E-state index in [-0.39, 0.29) is 0 Å². The Bertz CT molecular complexity index is 870. The van der Waals surface area contributed by atoms with E-state index in [1.807, 2.05) is 25.4 Å². The summed E-state index contributed by atoms with van der Waals surface area (Å²) in [5.41, 5.74) is 2.78. The summed E-state index contributed by atoms with van der Waals surface area (Å²) in [6.45, 7) is 2.32. The lowest BCUT2D eigenvalue weighted by molar-refractivity contribution is 0.581. The van der Waals surface area contributed by atoms with Gasteiger partial charge < -0.3 is 0 Å². The van der Waals surface area contributed by atoms with E-state index in [0.29, 0.717) is 17.2 Å². The SMILES string of the molecule is Cc1cc2ncc(CCCNS(=O)(=O)c3cccs3)cn2n1. The maximum atomic E-state index is 12.0. The molecule has 3 heterocycles. The van der Waals surface area contributed by atoms with Crippen molar-refractivity contribution in [1.29, 1.82) is 0 Å². The van der Waals surface area contributed by atoms with Crippen molar-refractivity contribution in [2.45, 2.75) is 24.0 Å². The second-order valence-corrected chi connectivity index (χ2v) is 7.93. The molecule has 0 atom stereocenters. The highest BCUT2D eigenvalue weighted by Gasteiger charge is 2.13. The zero-order chi connectivity index (χ0) is 15.6. The molecule has 0 fully saturated rings. The van der Waals surface area contributed by atoms with Gasteiger partial charge in [-0.3, -0.25) is 0 Å². The van der Waals surface area contributed by atoms with Crippen molar-refractivity contribution in [1.82, 2.24) is 19.3 Å². The van der Waals surface area contributed by atoms with Crippen LogP contribution in [0.1, 0.15) is 17.7 Å². The molecule has 1 N–H and O–H groups in total. The molecule has 0 bridgehead atoms. The van der Waals surface area contributed by atoms with Gasteiger partial charge in [0.2, 0.25) is 10.0 Å². The molecule has 0 aliphatic heterocycles. The molecular weight excluding hydrogens is 320 g/mol. The molecule has 22 heavy (non-hydrogen) atoms. The Morgan fingerprint density at radius 2 is 2.27 bits per heavy atom. The van der Waals surface area contributed by atoms with E-state index < -0.39 is 10.0 Å². The summed E-state index contributed by atoms with van der Waals surface area (Å²) < 4.78 is 28.6. The van der Waals surface area contributed by atoms with E-state index in [4.69, 9.17) is 0 Å². The smallest absolute Gasteiger partial charge is 0.237 e. The van der Waals surface area contributed by atoms with E-state index in [2.05, 4.69) is 14.8 Å². The minimum Gasteiger partial charge on any atom is -0.237 e. The van der Waals surface area contributed by atoms with Gasteiger partial charge in [0.15, 0.2) is 5.65 Å². The third-order valence-corrected chi connectivity index (χ3v) is 6.04. The maximum Gasteiger partial charge on any atom is 0.250 e. The van der Waals surface area contributed by atoms with Crippen LogP contribution in [0.2, 0.25) is 0 Å². The zero-order valence-electron chi connectivity index (χ0n) is 12.1. The summed E-state index contributed by atoms with van der Waals surface area (Å²) in [7, 11) is -3.37. The van der Waals surface area contributed by atoms with Crippen LogP contribution in [0.4, 0.5) is 0 Å². The molecule has 3 aromatic rings. The van der Waals surface area contributed by atoms with Crippen molar-refractivity contribution >= 4 is 27.0 Å². The van der Waals surface area contributed by atoms with Crippen LogP contribution in [0.3, 0.4) is 0 Å². The number of aryl methyl sites for hydroxylation is 2. The van der Waals surface area contributed by atoms with Crippen LogP contribution in [-0.2, 0) is 16.4 Å². The van der Waals surface area contributed by atoms with Crippen molar-refractivity contribution in [2.75, 3.05) is 6.54 Å². The Morgan fingerprint density at radius 3 is 3.05 bits per heavy atom. The fraction of sp³-hybridized carbons (Fsp3) is 0.286. The molecule has 3 rings (SSSR count).